The van der Waals surface area contributed by atoms with Gasteiger partial charge in [-0.2, -0.15) is 4.68 Å². The fourth-order valence-electron chi connectivity index (χ4n) is 2.03. The number of hydrogen-bond donors (Lipinski definition) is 0. The molecule has 23 heavy (non-hydrogen) atoms. The van der Waals surface area contributed by atoms with Crippen LogP contribution < -0.4 is 0 Å². The molecule has 0 amide bonds. The highest BCUT2D eigenvalue weighted by Gasteiger charge is 2.07. The molecule has 1 aromatic heterocycles. The number of hydrogen-bond acceptors (Lipinski definition) is 5. The van der Waals surface area contributed by atoms with Gasteiger partial charge in [0.05, 0.1) is 5.69 Å². The summed E-state index contributed by atoms with van der Waals surface area (Å²) < 4.78 is 1.63. The van der Waals surface area contributed by atoms with E-state index in [1.165, 1.54) is 17.8 Å². The van der Waals surface area contributed by atoms with Gasteiger partial charge in [-0.25, -0.2) is 0 Å². The highest BCUT2D eigenvalue weighted by atomic mass is 32.2. The normalized spacial score (nSPS) is 11.0. The lowest BCUT2D eigenvalue weighted by molar-refractivity contribution is 0.104. The Morgan fingerprint density at radius 3 is 2.74 bits per heavy atom. The van der Waals surface area contributed by atoms with Crippen LogP contribution in [0.1, 0.15) is 15.9 Å². The first-order chi connectivity index (χ1) is 11.2. The Bertz CT molecular complexity index is 843. The maximum absolute atomic E-state index is 12.1. The Hall–Kier alpha value is -2.73. The molecule has 114 valence electrons. The van der Waals surface area contributed by atoms with Gasteiger partial charge in [0.1, 0.15) is 0 Å². The molecule has 3 rings (SSSR count). The van der Waals surface area contributed by atoms with Crippen molar-refractivity contribution in [3.05, 3.63) is 77.2 Å². The van der Waals surface area contributed by atoms with Crippen LogP contribution in [-0.4, -0.2) is 26.0 Å². The standard InChI is InChI=1S/C17H14N4OS/c1-13-6-5-7-14(12-13)16(22)10-11-23-17-18-19-20-21(17)15-8-3-2-4-9-15/h2-12H,1H3. The number of tetrazole rings is 1. The van der Waals surface area contributed by atoms with Crippen LogP contribution in [0.2, 0.25) is 0 Å². The number of carbonyl (C=O) groups is 1. The fourth-order valence-corrected chi connectivity index (χ4v) is 2.67. The Kier molecular flexibility index (Phi) is 4.63. The van der Waals surface area contributed by atoms with Crippen molar-refractivity contribution in [2.45, 2.75) is 12.1 Å². The first-order valence-corrected chi connectivity index (χ1v) is 7.90. The SMILES string of the molecule is Cc1cccc(C(=O)C=CSc2nnnn2-c2ccccc2)c1. The third-order valence-corrected chi connectivity index (χ3v) is 3.87. The largest absolute Gasteiger partial charge is 0.289 e. The van der Waals surface area contributed by atoms with E-state index in [-0.39, 0.29) is 5.78 Å². The van der Waals surface area contributed by atoms with Gasteiger partial charge >= 0.3 is 0 Å². The number of aromatic nitrogens is 4. The van der Waals surface area contributed by atoms with Gasteiger partial charge in [-0.15, -0.1) is 5.10 Å². The molecule has 0 aliphatic rings. The van der Waals surface area contributed by atoms with E-state index in [1.54, 1.807) is 16.2 Å². The number of carbonyl (C=O) groups excluding carboxylic acids is 1. The second-order valence-electron chi connectivity index (χ2n) is 4.86. The van der Waals surface area contributed by atoms with Gasteiger partial charge in [-0.1, -0.05) is 53.7 Å². The molecule has 0 atom stereocenters. The lowest BCUT2D eigenvalue weighted by Crippen LogP contribution is -1.98. The summed E-state index contributed by atoms with van der Waals surface area (Å²) in [5.74, 6) is -0.0417. The molecule has 0 N–H and O–H groups in total. The van der Waals surface area contributed by atoms with Gasteiger partial charge in [-0.3, -0.25) is 4.79 Å². The number of thioether (sulfide) groups is 1. The van der Waals surface area contributed by atoms with Crippen molar-refractivity contribution < 1.29 is 4.79 Å². The second kappa shape index (κ2) is 7.02. The molecular formula is C17H14N4OS. The van der Waals surface area contributed by atoms with Crippen molar-refractivity contribution in [3.63, 3.8) is 0 Å². The van der Waals surface area contributed by atoms with Crippen LogP contribution in [-0.2, 0) is 0 Å². The lowest BCUT2D eigenvalue weighted by atomic mass is 10.1. The number of allylic oxidation sites excluding steroid dienone is 1. The van der Waals surface area contributed by atoms with Gasteiger partial charge < -0.3 is 0 Å². The molecule has 6 heteroatoms. The molecule has 0 saturated carbocycles. The highest BCUT2D eigenvalue weighted by Crippen LogP contribution is 2.19. The number of benzene rings is 2. The minimum absolute atomic E-state index is 0.0417. The molecule has 2 aromatic carbocycles. The maximum atomic E-state index is 12.1. The van der Waals surface area contributed by atoms with E-state index in [2.05, 4.69) is 15.5 Å². The van der Waals surface area contributed by atoms with Gasteiger partial charge in [-0.05, 0) is 47.0 Å². The van der Waals surface area contributed by atoms with Crippen molar-refractivity contribution in [2.75, 3.05) is 0 Å². The van der Waals surface area contributed by atoms with Crippen molar-refractivity contribution >= 4 is 17.5 Å². The minimum atomic E-state index is -0.0417. The smallest absolute Gasteiger partial charge is 0.218 e. The van der Waals surface area contributed by atoms with Gasteiger partial charge in [0.25, 0.3) is 0 Å². The molecule has 0 aliphatic heterocycles. The molecule has 0 bridgehead atoms. The van der Waals surface area contributed by atoms with Crippen LogP contribution >= 0.6 is 11.8 Å². The zero-order chi connectivity index (χ0) is 16.1. The first kappa shape index (κ1) is 15.2. The summed E-state index contributed by atoms with van der Waals surface area (Å²) in [5, 5.41) is 13.9. The zero-order valence-electron chi connectivity index (χ0n) is 12.5. The summed E-state index contributed by atoms with van der Waals surface area (Å²) in [6.45, 7) is 1.96. The molecular weight excluding hydrogens is 308 g/mol. The molecule has 0 spiro atoms. The number of para-hydroxylation sites is 1. The highest BCUT2D eigenvalue weighted by molar-refractivity contribution is 8.02. The third-order valence-electron chi connectivity index (χ3n) is 3.14. The third kappa shape index (κ3) is 3.73. The van der Waals surface area contributed by atoms with Crippen LogP contribution in [0.25, 0.3) is 5.69 Å². The topological polar surface area (TPSA) is 60.7 Å². The fraction of sp³-hybridized carbons (Fsp3) is 0.0588. The minimum Gasteiger partial charge on any atom is -0.289 e. The number of aryl methyl sites for hydroxylation is 1. The Labute approximate surface area is 138 Å². The lowest BCUT2D eigenvalue weighted by Gasteiger charge is -2.01. The van der Waals surface area contributed by atoms with Gasteiger partial charge in [0.15, 0.2) is 5.78 Å². The van der Waals surface area contributed by atoms with E-state index in [0.29, 0.717) is 10.7 Å². The monoisotopic (exact) mass is 322 g/mol. The molecule has 0 aliphatic carbocycles. The Balaban J connectivity index is 1.72. The second-order valence-corrected chi connectivity index (χ2v) is 5.74. The van der Waals surface area contributed by atoms with Crippen molar-refractivity contribution in [1.82, 2.24) is 20.2 Å². The number of rotatable bonds is 5. The van der Waals surface area contributed by atoms with E-state index in [4.69, 9.17) is 0 Å². The quantitative estimate of drug-likeness (QED) is 0.409. The number of ketones is 1. The number of nitrogens with zero attached hydrogens (tertiary/aromatic N) is 4. The van der Waals surface area contributed by atoms with Crippen molar-refractivity contribution in [3.8, 4) is 5.69 Å². The van der Waals surface area contributed by atoms with E-state index in [0.717, 1.165) is 11.3 Å². The van der Waals surface area contributed by atoms with Crippen LogP contribution in [0.4, 0.5) is 0 Å². The average molecular weight is 322 g/mol. The summed E-state index contributed by atoms with van der Waals surface area (Å²) in [4.78, 5) is 12.1. The van der Waals surface area contributed by atoms with Gasteiger partial charge in [0.2, 0.25) is 5.16 Å². The summed E-state index contributed by atoms with van der Waals surface area (Å²) in [6, 6.07) is 17.1. The molecule has 0 radical (unpaired) electrons. The molecule has 0 fully saturated rings. The average Bonchev–Trinajstić information content (AvgIpc) is 3.04. The summed E-state index contributed by atoms with van der Waals surface area (Å²) in [7, 11) is 0. The summed E-state index contributed by atoms with van der Waals surface area (Å²) in [6.07, 6.45) is 1.53. The van der Waals surface area contributed by atoms with E-state index >= 15 is 0 Å². The predicted octanol–water partition coefficient (Wildman–Crippen LogP) is 3.46. The Morgan fingerprint density at radius 2 is 1.96 bits per heavy atom. The van der Waals surface area contributed by atoms with E-state index < -0.39 is 0 Å². The molecule has 3 aromatic rings. The van der Waals surface area contributed by atoms with Gasteiger partial charge in [0, 0.05) is 5.56 Å². The predicted molar refractivity (Wildman–Crippen MR) is 89.7 cm³/mol. The van der Waals surface area contributed by atoms with Crippen LogP contribution in [0.15, 0.2) is 71.2 Å². The van der Waals surface area contributed by atoms with Crippen LogP contribution in [0.3, 0.4) is 0 Å². The molecule has 0 saturated heterocycles. The zero-order valence-corrected chi connectivity index (χ0v) is 13.3. The molecule has 1 heterocycles. The summed E-state index contributed by atoms with van der Waals surface area (Å²) >= 11 is 1.30. The first-order valence-electron chi connectivity index (χ1n) is 7.02. The summed E-state index contributed by atoms with van der Waals surface area (Å²) in [5.41, 5.74) is 2.60. The Morgan fingerprint density at radius 1 is 1.13 bits per heavy atom. The van der Waals surface area contributed by atoms with Crippen molar-refractivity contribution in [2.24, 2.45) is 0 Å². The van der Waals surface area contributed by atoms with E-state index in [1.807, 2.05) is 55.5 Å². The molecule has 5 nitrogen and oxygen atoms in total. The maximum Gasteiger partial charge on any atom is 0.218 e. The van der Waals surface area contributed by atoms with E-state index in [9.17, 15) is 4.79 Å². The van der Waals surface area contributed by atoms with Crippen LogP contribution in [0, 0.1) is 6.92 Å². The van der Waals surface area contributed by atoms with Crippen molar-refractivity contribution in [1.29, 1.82) is 0 Å². The van der Waals surface area contributed by atoms with Crippen LogP contribution in [0.5, 0.6) is 0 Å². The molecule has 0 unspecified atom stereocenters.